The Balaban J connectivity index is 2.97. The number of aromatic nitrogens is 1. The van der Waals surface area contributed by atoms with Crippen LogP contribution in [-0.2, 0) is 9.53 Å². The summed E-state index contributed by atoms with van der Waals surface area (Å²) in [5.74, 6) is -2.33. The van der Waals surface area contributed by atoms with Gasteiger partial charge in [-0.05, 0) is 26.3 Å². The van der Waals surface area contributed by atoms with E-state index in [4.69, 9.17) is 14.6 Å². The van der Waals surface area contributed by atoms with Gasteiger partial charge in [-0.25, -0.2) is 9.78 Å². The van der Waals surface area contributed by atoms with Gasteiger partial charge >= 0.3 is 11.9 Å². The number of hydrogen-bond acceptors (Lipinski definition) is 6. The lowest BCUT2D eigenvalue weighted by Gasteiger charge is -2.14. The van der Waals surface area contributed by atoms with Gasteiger partial charge in [0, 0.05) is 6.20 Å². The fourth-order valence-electron chi connectivity index (χ4n) is 1.70. The van der Waals surface area contributed by atoms with E-state index in [1.165, 1.54) is 12.3 Å². The van der Waals surface area contributed by atoms with Crippen LogP contribution in [0.2, 0.25) is 0 Å². The highest BCUT2D eigenvalue weighted by molar-refractivity contribution is 5.98. The molecular weight excluding hydrogens is 316 g/mol. The van der Waals surface area contributed by atoms with Crippen LogP contribution < -0.4 is 10.1 Å². The van der Waals surface area contributed by atoms with E-state index in [9.17, 15) is 14.4 Å². The van der Waals surface area contributed by atoms with Gasteiger partial charge in [-0.15, -0.1) is 0 Å². The second kappa shape index (κ2) is 9.49. The number of carboxylic acid groups (broad SMARTS) is 1. The van der Waals surface area contributed by atoms with Crippen molar-refractivity contribution >= 4 is 17.8 Å². The number of carboxylic acids is 1. The molecule has 0 radical (unpaired) electrons. The normalized spacial score (nSPS) is 10.3. The van der Waals surface area contributed by atoms with Crippen molar-refractivity contribution in [2.24, 2.45) is 0 Å². The number of aliphatic carboxylic acids is 1. The maximum atomic E-state index is 12.0. The minimum Gasteiger partial charge on any atom is -0.489 e. The smallest absolute Gasteiger partial charge is 0.339 e. The molecule has 132 valence electrons. The van der Waals surface area contributed by atoms with Gasteiger partial charge in [0.15, 0.2) is 11.4 Å². The SMILES string of the molecule is CCCCOC(=O)c1cnc(C(=O)NCC(=O)O)c(OC(C)C)c1. The van der Waals surface area contributed by atoms with Crippen LogP contribution in [-0.4, -0.2) is 47.2 Å². The summed E-state index contributed by atoms with van der Waals surface area (Å²) in [5, 5.41) is 10.8. The van der Waals surface area contributed by atoms with Gasteiger partial charge in [0.1, 0.15) is 6.54 Å². The van der Waals surface area contributed by atoms with Gasteiger partial charge in [-0.2, -0.15) is 0 Å². The fourth-order valence-corrected chi connectivity index (χ4v) is 1.70. The maximum absolute atomic E-state index is 12.0. The lowest BCUT2D eigenvalue weighted by Crippen LogP contribution is -2.30. The van der Waals surface area contributed by atoms with Gasteiger partial charge in [-0.3, -0.25) is 9.59 Å². The van der Waals surface area contributed by atoms with Crippen molar-refractivity contribution < 1.29 is 29.0 Å². The average Bonchev–Trinajstić information content (AvgIpc) is 2.52. The van der Waals surface area contributed by atoms with E-state index in [1.54, 1.807) is 13.8 Å². The quantitative estimate of drug-likeness (QED) is 0.519. The zero-order chi connectivity index (χ0) is 18.1. The zero-order valence-electron chi connectivity index (χ0n) is 14.0. The van der Waals surface area contributed by atoms with E-state index in [0.717, 1.165) is 12.8 Å². The Labute approximate surface area is 140 Å². The van der Waals surface area contributed by atoms with Crippen LogP contribution in [0.1, 0.15) is 54.5 Å². The summed E-state index contributed by atoms with van der Waals surface area (Å²) in [6, 6.07) is 1.37. The number of amides is 1. The molecule has 0 aliphatic heterocycles. The van der Waals surface area contributed by atoms with Crippen molar-refractivity contribution in [3.05, 3.63) is 23.5 Å². The van der Waals surface area contributed by atoms with Gasteiger partial charge in [0.2, 0.25) is 0 Å². The number of unbranched alkanes of at least 4 members (excludes halogenated alkanes) is 1. The van der Waals surface area contributed by atoms with E-state index in [0.29, 0.717) is 6.61 Å². The number of pyridine rings is 1. The minimum absolute atomic E-state index is 0.0879. The van der Waals surface area contributed by atoms with Crippen molar-refractivity contribution in [3.63, 3.8) is 0 Å². The topological polar surface area (TPSA) is 115 Å². The monoisotopic (exact) mass is 338 g/mol. The highest BCUT2D eigenvalue weighted by Gasteiger charge is 2.19. The van der Waals surface area contributed by atoms with Crippen LogP contribution >= 0.6 is 0 Å². The van der Waals surface area contributed by atoms with E-state index in [1.807, 2.05) is 6.92 Å². The van der Waals surface area contributed by atoms with Crippen LogP contribution in [0.3, 0.4) is 0 Å². The molecule has 1 rings (SSSR count). The summed E-state index contributed by atoms with van der Waals surface area (Å²) in [7, 11) is 0. The predicted molar refractivity (Wildman–Crippen MR) is 85.2 cm³/mol. The summed E-state index contributed by atoms with van der Waals surface area (Å²) in [4.78, 5) is 38.4. The first-order valence-corrected chi connectivity index (χ1v) is 7.69. The van der Waals surface area contributed by atoms with Crippen LogP contribution in [0, 0.1) is 0 Å². The molecule has 1 heterocycles. The van der Waals surface area contributed by atoms with E-state index >= 15 is 0 Å². The average molecular weight is 338 g/mol. The molecule has 0 atom stereocenters. The molecule has 0 fully saturated rings. The number of hydrogen-bond donors (Lipinski definition) is 2. The van der Waals surface area contributed by atoms with Crippen molar-refractivity contribution in [3.8, 4) is 5.75 Å². The van der Waals surface area contributed by atoms with E-state index < -0.39 is 24.4 Å². The number of nitrogens with one attached hydrogen (secondary N) is 1. The Hall–Kier alpha value is -2.64. The van der Waals surface area contributed by atoms with E-state index in [-0.39, 0.29) is 23.1 Å². The van der Waals surface area contributed by atoms with Crippen molar-refractivity contribution in [2.75, 3.05) is 13.2 Å². The number of carbonyl (C=O) groups excluding carboxylic acids is 2. The van der Waals surface area contributed by atoms with Crippen molar-refractivity contribution in [1.82, 2.24) is 10.3 Å². The summed E-state index contributed by atoms with van der Waals surface area (Å²) >= 11 is 0. The maximum Gasteiger partial charge on any atom is 0.339 e. The molecule has 2 N–H and O–H groups in total. The summed E-state index contributed by atoms with van der Waals surface area (Å²) in [5.41, 5.74) is 0.0756. The Morgan fingerprint density at radius 1 is 1.33 bits per heavy atom. The van der Waals surface area contributed by atoms with Crippen LogP contribution in [0.5, 0.6) is 5.75 Å². The molecule has 1 amide bonds. The Morgan fingerprint density at radius 3 is 2.62 bits per heavy atom. The van der Waals surface area contributed by atoms with Gasteiger partial charge < -0.3 is 19.9 Å². The molecule has 0 bridgehead atoms. The molecule has 0 saturated carbocycles. The standard InChI is InChI=1S/C16H22N2O6/c1-4-5-6-23-16(22)11-7-12(24-10(2)3)14(17-8-11)15(21)18-9-13(19)20/h7-8,10H,4-6,9H2,1-3H3,(H,18,21)(H,19,20). The largest absolute Gasteiger partial charge is 0.489 e. The number of esters is 1. The van der Waals surface area contributed by atoms with Crippen molar-refractivity contribution in [2.45, 2.75) is 39.7 Å². The molecule has 0 spiro atoms. The first-order chi connectivity index (χ1) is 11.3. The fraction of sp³-hybridized carbons (Fsp3) is 0.500. The number of rotatable bonds is 9. The van der Waals surface area contributed by atoms with Gasteiger partial charge in [0.05, 0.1) is 18.3 Å². The third-order valence-electron chi connectivity index (χ3n) is 2.80. The predicted octanol–water partition coefficient (Wildman–Crippen LogP) is 1.64. The Morgan fingerprint density at radius 2 is 2.04 bits per heavy atom. The number of ether oxygens (including phenoxy) is 2. The number of nitrogens with zero attached hydrogens (tertiary/aromatic N) is 1. The third-order valence-corrected chi connectivity index (χ3v) is 2.80. The molecule has 0 unspecified atom stereocenters. The van der Waals surface area contributed by atoms with Gasteiger partial charge in [0.25, 0.3) is 5.91 Å². The molecule has 8 nitrogen and oxygen atoms in total. The Kier molecular flexibility index (Phi) is 7.67. The third kappa shape index (κ3) is 6.23. The summed E-state index contributed by atoms with van der Waals surface area (Å²) in [6.45, 7) is 5.25. The molecule has 0 saturated heterocycles. The molecule has 8 heteroatoms. The summed E-state index contributed by atoms with van der Waals surface area (Å²) < 4.78 is 10.6. The van der Waals surface area contributed by atoms with E-state index in [2.05, 4.69) is 10.3 Å². The zero-order valence-corrected chi connectivity index (χ0v) is 14.0. The molecule has 24 heavy (non-hydrogen) atoms. The molecule has 0 aliphatic rings. The molecule has 0 aromatic carbocycles. The highest BCUT2D eigenvalue weighted by Crippen LogP contribution is 2.20. The minimum atomic E-state index is -1.18. The number of carbonyl (C=O) groups is 3. The van der Waals surface area contributed by atoms with Crippen LogP contribution in [0.25, 0.3) is 0 Å². The second-order valence-electron chi connectivity index (χ2n) is 5.30. The molecule has 1 aromatic rings. The van der Waals surface area contributed by atoms with Crippen LogP contribution in [0.4, 0.5) is 0 Å². The lowest BCUT2D eigenvalue weighted by atomic mass is 10.2. The molecule has 0 aliphatic carbocycles. The molecular formula is C16H22N2O6. The molecule has 1 aromatic heterocycles. The first kappa shape index (κ1) is 19.4. The van der Waals surface area contributed by atoms with Crippen molar-refractivity contribution in [1.29, 1.82) is 0 Å². The highest BCUT2D eigenvalue weighted by atomic mass is 16.5. The van der Waals surface area contributed by atoms with Crippen LogP contribution in [0.15, 0.2) is 12.3 Å². The summed E-state index contributed by atoms with van der Waals surface area (Å²) in [6.07, 6.45) is 2.60. The van der Waals surface area contributed by atoms with Gasteiger partial charge in [-0.1, -0.05) is 13.3 Å². The lowest BCUT2D eigenvalue weighted by molar-refractivity contribution is -0.135. The second-order valence-corrected chi connectivity index (χ2v) is 5.30. The first-order valence-electron chi connectivity index (χ1n) is 7.69. The Bertz CT molecular complexity index is 600.